The summed E-state index contributed by atoms with van der Waals surface area (Å²) < 4.78 is 7.40. The van der Waals surface area contributed by atoms with E-state index in [1.807, 2.05) is 25.5 Å². The highest BCUT2D eigenvalue weighted by Crippen LogP contribution is 2.39. The molecule has 0 aliphatic heterocycles. The van der Waals surface area contributed by atoms with Crippen LogP contribution in [0.5, 0.6) is 0 Å². The lowest BCUT2D eigenvalue weighted by atomic mass is 9.95. The summed E-state index contributed by atoms with van der Waals surface area (Å²) in [6, 6.07) is 2.16. The van der Waals surface area contributed by atoms with E-state index in [2.05, 4.69) is 33.9 Å². The molecule has 3 aromatic rings. The summed E-state index contributed by atoms with van der Waals surface area (Å²) in [4.78, 5) is 28.1. The van der Waals surface area contributed by atoms with Crippen LogP contribution in [-0.4, -0.2) is 38.5 Å². The molecule has 182 valence electrons. The van der Waals surface area contributed by atoms with Gasteiger partial charge in [-0.2, -0.15) is 0 Å². The van der Waals surface area contributed by atoms with E-state index in [9.17, 15) is 9.59 Å². The predicted octanol–water partition coefficient (Wildman–Crippen LogP) is 5.73. The van der Waals surface area contributed by atoms with Crippen LogP contribution in [0, 0.1) is 0 Å². The first kappa shape index (κ1) is 24.9. The summed E-state index contributed by atoms with van der Waals surface area (Å²) in [5.74, 6) is 0.449. The van der Waals surface area contributed by atoms with Crippen molar-refractivity contribution in [3.63, 3.8) is 0 Å². The van der Waals surface area contributed by atoms with Gasteiger partial charge in [0.25, 0.3) is 0 Å². The lowest BCUT2D eigenvalue weighted by molar-refractivity contribution is -0.113. The molecule has 0 bridgehead atoms. The number of hydrogen-bond donors (Lipinski definition) is 1. The highest BCUT2D eigenvalue weighted by Gasteiger charge is 2.28. The van der Waals surface area contributed by atoms with E-state index >= 15 is 0 Å². The molecule has 0 spiro atoms. The molecule has 0 radical (unpaired) electrons. The molecule has 1 aliphatic rings. The highest BCUT2D eigenvalue weighted by atomic mass is 32.2. The fraction of sp³-hybridized carbons (Fsp3) is 0.500. The monoisotopic (exact) mass is 518 g/mol. The average molecular weight is 519 g/mol. The number of ether oxygens (including phenoxy) is 1. The number of nitrogens with one attached hydrogen (secondary N) is 1. The van der Waals surface area contributed by atoms with Gasteiger partial charge in [-0.25, -0.2) is 4.79 Å². The Bertz CT molecular complexity index is 1180. The Morgan fingerprint density at radius 3 is 2.82 bits per heavy atom. The van der Waals surface area contributed by atoms with Crippen molar-refractivity contribution in [2.45, 2.75) is 70.6 Å². The largest absolute Gasteiger partial charge is 0.459 e. The molecule has 34 heavy (non-hydrogen) atoms. The zero-order valence-corrected chi connectivity index (χ0v) is 22.4. The molecule has 0 fully saturated rings. The summed E-state index contributed by atoms with van der Waals surface area (Å²) in [6.45, 7) is 5.84. The van der Waals surface area contributed by atoms with Crippen molar-refractivity contribution >= 4 is 51.3 Å². The minimum absolute atomic E-state index is 0.174. The van der Waals surface area contributed by atoms with Gasteiger partial charge in [-0.15, -0.1) is 32.9 Å². The van der Waals surface area contributed by atoms with Gasteiger partial charge in [0.2, 0.25) is 5.91 Å². The molecule has 1 aliphatic carbocycles. The number of thiophene rings is 2. The molecule has 0 saturated carbocycles. The molecule has 4 rings (SSSR count). The molecule has 0 saturated heterocycles. The second-order valence-corrected chi connectivity index (χ2v) is 11.7. The quantitative estimate of drug-likeness (QED) is 0.287. The molecule has 0 unspecified atom stereocenters. The Morgan fingerprint density at radius 2 is 2.06 bits per heavy atom. The van der Waals surface area contributed by atoms with Crippen molar-refractivity contribution in [2.75, 3.05) is 11.1 Å². The molecular formula is C24H30N4O3S3. The number of carbonyl (C=O) groups excluding carboxylic acids is 2. The van der Waals surface area contributed by atoms with E-state index in [4.69, 9.17) is 4.74 Å². The van der Waals surface area contributed by atoms with Crippen molar-refractivity contribution in [3.05, 3.63) is 32.3 Å². The number of aromatic nitrogens is 3. The van der Waals surface area contributed by atoms with Crippen molar-refractivity contribution in [3.8, 4) is 11.4 Å². The van der Waals surface area contributed by atoms with Gasteiger partial charge in [0, 0.05) is 27.7 Å². The molecule has 3 aromatic heterocycles. The van der Waals surface area contributed by atoms with Crippen LogP contribution in [0.15, 0.2) is 16.6 Å². The van der Waals surface area contributed by atoms with Gasteiger partial charge in [0.05, 0.1) is 17.4 Å². The van der Waals surface area contributed by atoms with Gasteiger partial charge in [-0.3, -0.25) is 4.79 Å². The molecule has 1 amide bonds. The van der Waals surface area contributed by atoms with Crippen LogP contribution in [-0.2, 0) is 35.8 Å². The third-order valence-corrected chi connectivity index (χ3v) is 8.77. The smallest absolute Gasteiger partial charge is 0.341 e. The topological polar surface area (TPSA) is 86.1 Å². The van der Waals surface area contributed by atoms with Crippen molar-refractivity contribution in [1.82, 2.24) is 14.8 Å². The van der Waals surface area contributed by atoms with Gasteiger partial charge < -0.3 is 14.6 Å². The first-order valence-corrected chi connectivity index (χ1v) is 14.3. The van der Waals surface area contributed by atoms with Crippen LogP contribution in [0.25, 0.3) is 11.4 Å². The molecule has 1 N–H and O–H groups in total. The number of carbonyl (C=O) groups is 2. The molecule has 0 aromatic carbocycles. The maximum Gasteiger partial charge on any atom is 0.341 e. The van der Waals surface area contributed by atoms with E-state index in [0.29, 0.717) is 15.7 Å². The number of anilines is 1. The average Bonchev–Trinajstić information content (AvgIpc) is 3.48. The molecule has 10 heteroatoms. The van der Waals surface area contributed by atoms with Gasteiger partial charge in [-0.05, 0) is 57.6 Å². The maximum absolute atomic E-state index is 12.8. The number of nitrogens with zero attached hydrogens (tertiary/aromatic N) is 3. The zero-order valence-electron chi connectivity index (χ0n) is 20.0. The van der Waals surface area contributed by atoms with Crippen molar-refractivity contribution in [2.24, 2.45) is 7.05 Å². The predicted molar refractivity (Wildman–Crippen MR) is 139 cm³/mol. The van der Waals surface area contributed by atoms with E-state index in [1.165, 1.54) is 32.9 Å². The number of rotatable bonds is 9. The first-order valence-electron chi connectivity index (χ1n) is 11.6. The number of hydrogen-bond acceptors (Lipinski definition) is 8. The summed E-state index contributed by atoms with van der Waals surface area (Å²) in [6.07, 6.45) is 5.90. The number of amides is 1. The Balaban J connectivity index is 1.44. The second kappa shape index (κ2) is 11.0. The van der Waals surface area contributed by atoms with Crippen LogP contribution in [0.3, 0.4) is 0 Å². The molecule has 0 atom stereocenters. The fourth-order valence-corrected chi connectivity index (χ4v) is 6.98. The Kier molecular flexibility index (Phi) is 8.10. The van der Waals surface area contributed by atoms with Crippen LogP contribution in [0.2, 0.25) is 0 Å². The Morgan fingerprint density at radius 1 is 1.26 bits per heavy atom. The summed E-state index contributed by atoms with van der Waals surface area (Å²) in [5.41, 5.74) is 2.63. The lowest BCUT2D eigenvalue weighted by Crippen LogP contribution is -2.19. The third-order valence-electron chi connectivity index (χ3n) is 5.55. The maximum atomic E-state index is 12.8. The van der Waals surface area contributed by atoms with Crippen LogP contribution in [0.4, 0.5) is 5.00 Å². The van der Waals surface area contributed by atoms with E-state index in [1.54, 1.807) is 11.3 Å². The Labute approximate surface area is 212 Å². The Hall–Kier alpha value is -2.17. The molecule has 7 nitrogen and oxygen atoms in total. The number of thioether (sulfide) groups is 1. The minimum atomic E-state index is -0.353. The van der Waals surface area contributed by atoms with E-state index in [-0.39, 0.29) is 23.7 Å². The highest BCUT2D eigenvalue weighted by molar-refractivity contribution is 7.99. The van der Waals surface area contributed by atoms with Crippen LogP contribution < -0.4 is 5.32 Å². The van der Waals surface area contributed by atoms with Crippen LogP contribution >= 0.6 is 34.4 Å². The van der Waals surface area contributed by atoms with Crippen LogP contribution in [0.1, 0.15) is 65.7 Å². The van der Waals surface area contributed by atoms with Gasteiger partial charge >= 0.3 is 5.97 Å². The lowest BCUT2D eigenvalue weighted by Gasteiger charge is -2.14. The number of aryl methyl sites for hydroxylation is 2. The summed E-state index contributed by atoms with van der Waals surface area (Å²) >= 11 is 4.58. The minimum Gasteiger partial charge on any atom is -0.459 e. The summed E-state index contributed by atoms with van der Waals surface area (Å²) in [7, 11) is 1.92. The summed E-state index contributed by atoms with van der Waals surface area (Å²) in [5, 5.41) is 15.0. The van der Waals surface area contributed by atoms with Crippen molar-refractivity contribution in [1.29, 1.82) is 0 Å². The van der Waals surface area contributed by atoms with E-state index < -0.39 is 0 Å². The van der Waals surface area contributed by atoms with Gasteiger partial charge in [0.15, 0.2) is 11.0 Å². The zero-order chi connectivity index (χ0) is 24.2. The molecule has 3 heterocycles. The van der Waals surface area contributed by atoms with Gasteiger partial charge in [0.1, 0.15) is 5.00 Å². The normalized spacial score (nSPS) is 13.2. The standard InChI is InChI=1S/C24H30N4O3S3/c1-5-8-16-11-15(12-32-16)21-26-27-24(28(21)4)33-13-19(29)25-22-20(23(30)31-14(2)3)17-9-6-7-10-18(17)34-22/h11-12,14H,5-10,13H2,1-4H3,(H,25,29). The SMILES string of the molecule is CCCc1cc(-c2nnc(SCC(=O)Nc3sc4c(c3C(=O)OC(C)C)CCCC4)n2C)cs1. The molecular weight excluding hydrogens is 488 g/mol. The second-order valence-electron chi connectivity index (χ2n) is 8.62. The number of fused-ring (bicyclic) bond motifs is 1. The van der Waals surface area contributed by atoms with E-state index in [0.717, 1.165) is 55.5 Å². The third kappa shape index (κ3) is 5.55. The first-order chi connectivity index (χ1) is 16.4. The van der Waals surface area contributed by atoms with Gasteiger partial charge in [-0.1, -0.05) is 25.1 Å². The number of esters is 1. The fourth-order valence-electron chi connectivity index (χ4n) is 4.00. The van der Waals surface area contributed by atoms with Crippen molar-refractivity contribution < 1.29 is 14.3 Å².